The summed E-state index contributed by atoms with van der Waals surface area (Å²) in [7, 11) is 0. The first-order valence-corrected chi connectivity index (χ1v) is 8.23. The van der Waals surface area contributed by atoms with Crippen LogP contribution >= 0.6 is 11.8 Å². The number of aryl methyl sites for hydroxylation is 1. The first-order valence-electron chi connectivity index (χ1n) is 7.35. The van der Waals surface area contributed by atoms with Crippen molar-refractivity contribution in [1.29, 1.82) is 0 Å². The molecule has 0 saturated carbocycles. The molecule has 0 radical (unpaired) electrons. The largest absolute Gasteiger partial charge is 0.348 e. The lowest BCUT2D eigenvalue weighted by molar-refractivity contribution is -0.121. The highest BCUT2D eigenvalue weighted by atomic mass is 32.2. The Labute approximate surface area is 133 Å². The van der Waals surface area contributed by atoms with Crippen LogP contribution in [0.2, 0.25) is 0 Å². The van der Waals surface area contributed by atoms with Crippen molar-refractivity contribution in [1.82, 2.24) is 20.2 Å². The van der Waals surface area contributed by atoms with Gasteiger partial charge in [0.15, 0.2) is 0 Å². The summed E-state index contributed by atoms with van der Waals surface area (Å²) in [5.74, 6) is 5.67. The summed E-state index contributed by atoms with van der Waals surface area (Å²) >= 11 is 1.31. The van der Waals surface area contributed by atoms with Gasteiger partial charge in [-0.3, -0.25) is 4.79 Å². The smallest absolute Gasteiger partial charge is 0.233 e. The summed E-state index contributed by atoms with van der Waals surface area (Å²) in [5, 5.41) is 11.0. The number of hydrogen-bond donors (Lipinski definition) is 2. The predicted octanol–water partition coefficient (Wildman–Crippen LogP) is 1.67. The first-order chi connectivity index (χ1) is 10.6. The van der Waals surface area contributed by atoms with Gasteiger partial charge in [0.05, 0.1) is 11.3 Å². The Kier molecular flexibility index (Phi) is 4.33. The van der Waals surface area contributed by atoms with E-state index >= 15 is 0 Å². The van der Waals surface area contributed by atoms with Gasteiger partial charge >= 0.3 is 0 Å². The third kappa shape index (κ3) is 3.09. The maximum Gasteiger partial charge on any atom is 0.233 e. The Bertz CT molecular complexity index is 671. The molecule has 0 aliphatic heterocycles. The van der Waals surface area contributed by atoms with Crippen molar-refractivity contribution in [3.63, 3.8) is 0 Å². The van der Waals surface area contributed by atoms with Gasteiger partial charge in [0.2, 0.25) is 11.1 Å². The summed E-state index contributed by atoms with van der Waals surface area (Å²) in [6.45, 7) is 1.85. The Morgan fingerprint density at radius 1 is 1.50 bits per heavy atom. The molecule has 3 rings (SSSR count). The number of aromatic nitrogens is 3. The van der Waals surface area contributed by atoms with Gasteiger partial charge in [-0.25, -0.2) is 4.68 Å². The van der Waals surface area contributed by atoms with Crippen LogP contribution < -0.4 is 11.2 Å². The number of benzene rings is 1. The topological polar surface area (TPSA) is 85.8 Å². The summed E-state index contributed by atoms with van der Waals surface area (Å²) in [6, 6.07) is 8.42. The number of fused-ring (bicyclic) bond motifs is 1. The van der Waals surface area contributed by atoms with E-state index in [1.165, 1.54) is 33.9 Å². The van der Waals surface area contributed by atoms with Gasteiger partial charge in [-0.15, -0.1) is 10.2 Å². The molecule has 2 atom stereocenters. The Hall–Kier alpha value is -2.02. The third-order valence-electron chi connectivity index (χ3n) is 3.88. The van der Waals surface area contributed by atoms with E-state index in [9.17, 15) is 4.79 Å². The van der Waals surface area contributed by atoms with E-state index < -0.39 is 0 Å². The molecule has 0 saturated heterocycles. The number of carbonyl (C=O) groups is 1. The second kappa shape index (κ2) is 6.39. The number of nitrogens with one attached hydrogen (secondary N) is 1. The van der Waals surface area contributed by atoms with Gasteiger partial charge in [-0.1, -0.05) is 36.0 Å². The van der Waals surface area contributed by atoms with E-state index in [-0.39, 0.29) is 17.2 Å². The molecule has 1 aromatic heterocycles. The number of rotatable bonds is 4. The van der Waals surface area contributed by atoms with E-state index in [1.807, 2.05) is 13.0 Å². The van der Waals surface area contributed by atoms with Crippen molar-refractivity contribution < 1.29 is 4.79 Å². The van der Waals surface area contributed by atoms with Crippen LogP contribution in [0.25, 0.3) is 0 Å². The number of carbonyl (C=O) groups excluding carboxylic acids is 1. The minimum absolute atomic E-state index is 0.00490. The molecule has 116 valence electrons. The zero-order valence-corrected chi connectivity index (χ0v) is 13.2. The molecule has 1 aliphatic rings. The molecule has 0 unspecified atom stereocenters. The Morgan fingerprint density at radius 3 is 3.09 bits per heavy atom. The number of nitrogens with zero attached hydrogens (tertiary/aromatic N) is 3. The van der Waals surface area contributed by atoms with Crippen molar-refractivity contribution in [3.8, 4) is 0 Å². The van der Waals surface area contributed by atoms with E-state index in [0.717, 1.165) is 19.3 Å². The van der Waals surface area contributed by atoms with Crippen LogP contribution in [-0.2, 0) is 11.2 Å². The maximum absolute atomic E-state index is 12.4. The standard InChI is InChI=1S/C15H19N5OS/c1-10(22-15-19-17-9-20(15)16)14(21)18-13-8-4-6-11-5-2-3-7-12(11)13/h2-3,5,7,9-10,13H,4,6,8,16H2,1H3,(H,18,21)/t10-,13+/m1/s1. The zero-order valence-electron chi connectivity index (χ0n) is 12.4. The fourth-order valence-corrected chi connectivity index (χ4v) is 3.48. The molecule has 0 fully saturated rings. The molecule has 6 nitrogen and oxygen atoms in total. The van der Waals surface area contributed by atoms with Gasteiger partial charge in [-0.05, 0) is 37.3 Å². The molecule has 0 bridgehead atoms. The van der Waals surface area contributed by atoms with Crippen molar-refractivity contribution in [2.24, 2.45) is 0 Å². The second-order valence-corrected chi connectivity index (χ2v) is 6.74. The second-order valence-electron chi connectivity index (χ2n) is 5.43. The van der Waals surface area contributed by atoms with Crippen LogP contribution in [0.1, 0.15) is 36.9 Å². The molecule has 22 heavy (non-hydrogen) atoms. The number of thioether (sulfide) groups is 1. The van der Waals surface area contributed by atoms with E-state index in [0.29, 0.717) is 5.16 Å². The summed E-state index contributed by atoms with van der Waals surface area (Å²) < 4.78 is 1.32. The average molecular weight is 317 g/mol. The van der Waals surface area contributed by atoms with Gasteiger partial charge in [0.1, 0.15) is 6.33 Å². The summed E-state index contributed by atoms with van der Waals surface area (Å²) in [5.41, 5.74) is 2.57. The van der Waals surface area contributed by atoms with Crippen LogP contribution in [0.5, 0.6) is 0 Å². The fraction of sp³-hybridized carbons (Fsp3) is 0.400. The lowest BCUT2D eigenvalue weighted by Gasteiger charge is -2.27. The minimum Gasteiger partial charge on any atom is -0.348 e. The number of nitrogen functional groups attached to an aromatic ring is 1. The van der Waals surface area contributed by atoms with Crippen LogP contribution in [0.3, 0.4) is 0 Å². The molecular weight excluding hydrogens is 298 g/mol. The highest BCUT2D eigenvalue weighted by Gasteiger charge is 2.24. The lowest BCUT2D eigenvalue weighted by Crippen LogP contribution is -2.36. The summed E-state index contributed by atoms with van der Waals surface area (Å²) in [4.78, 5) is 12.4. The molecule has 1 aromatic carbocycles. The van der Waals surface area contributed by atoms with Crippen molar-refractivity contribution >= 4 is 17.7 Å². The van der Waals surface area contributed by atoms with E-state index in [1.54, 1.807) is 0 Å². The van der Waals surface area contributed by atoms with Crippen molar-refractivity contribution in [3.05, 3.63) is 41.7 Å². The minimum atomic E-state index is -0.277. The van der Waals surface area contributed by atoms with Gasteiger partial charge in [0, 0.05) is 0 Å². The van der Waals surface area contributed by atoms with Crippen molar-refractivity contribution in [2.45, 2.75) is 42.6 Å². The Morgan fingerprint density at radius 2 is 2.32 bits per heavy atom. The molecule has 7 heteroatoms. The maximum atomic E-state index is 12.4. The van der Waals surface area contributed by atoms with Crippen LogP contribution in [0, 0.1) is 0 Å². The zero-order chi connectivity index (χ0) is 15.5. The SMILES string of the molecule is C[C@@H](Sc1nncn1N)C(=O)N[C@H]1CCCc2ccccc21. The van der Waals surface area contributed by atoms with Gasteiger partial charge < -0.3 is 11.2 Å². The van der Waals surface area contributed by atoms with E-state index in [2.05, 4.69) is 33.7 Å². The first kappa shape index (κ1) is 14.9. The van der Waals surface area contributed by atoms with Gasteiger partial charge in [-0.2, -0.15) is 0 Å². The van der Waals surface area contributed by atoms with Crippen LogP contribution in [-0.4, -0.2) is 26.0 Å². The average Bonchev–Trinajstić information content (AvgIpc) is 2.93. The highest BCUT2D eigenvalue weighted by molar-refractivity contribution is 8.00. The normalized spacial score (nSPS) is 18.5. The van der Waals surface area contributed by atoms with E-state index in [4.69, 9.17) is 5.84 Å². The molecule has 1 amide bonds. The molecule has 0 spiro atoms. The lowest BCUT2D eigenvalue weighted by atomic mass is 9.88. The third-order valence-corrected chi connectivity index (χ3v) is 4.95. The fourth-order valence-electron chi connectivity index (χ4n) is 2.72. The van der Waals surface area contributed by atoms with Crippen LogP contribution in [0.15, 0.2) is 35.7 Å². The number of nitrogens with two attached hydrogens (primary N) is 1. The number of hydrogen-bond acceptors (Lipinski definition) is 5. The number of amides is 1. The molecule has 3 N–H and O–H groups in total. The Balaban J connectivity index is 1.66. The monoisotopic (exact) mass is 317 g/mol. The molecule has 2 aromatic rings. The molecule has 1 heterocycles. The van der Waals surface area contributed by atoms with Crippen molar-refractivity contribution in [2.75, 3.05) is 5.84 Å². The molecule has 1 aliphatic carbocycles. The quantitative estimate of drug-likeness (QED) is 0.662. The van der Waals surface area contributed by atoms with Gasteiger partial charge in [0.25, 0.3) is 0 Å². The highest BCUT2D eigenvalue weighted by Crippen LogP contribution is 2.30. The summed E-state index contributed by atoms with van der Waals surface area (Å²) in [6.07, 6.45) is 4.58. The molecular formula is C15H19N5OS. The van der Waals surface area contributed by atoms with Crippen LogP contribution in [0.4, 0.5) is 0 Å². The predicted molar refractivity (Wildman–Crippen MR) is 85.8 cm³/mol.